The van der Waals surface area contributed by atoms with Crippen LogP contribution >= 0.6 is 0 Å². The van der Waals surface area contributed by atoms with Gasteiger partial charge >= 0.3 is 5.97 Å². The molecule has 3 rings (SSSR count). The van der Waals surface area contributed by atoms with Gasteiger partial charge in [0.15, 0.2) is 0 Å². The smallest absolute Gasteiger partial charge is 0.305 e. The molecule has 1 unspecified atom stereocenters. The predicted molar refractivity (Wildman–Crippen MR) is 145 cm³/mol. The van der Waals surface area contributed by atoms with Gasteiger partial charge < -0.3 is 15.2 Å². The van der Waals surface area contributed by atoms with Gasteiger partial charge in [-0.05, 0) is 70.7 Å². The number of carboxylic acid groups (broad SMARTS) is 1. The highest BCUT2D eigenvalue weighted by Crippen LogP contribution is 2.27. The fourth-order valence-electron chi connectivity index (χ4n) is 3.85. The van der Waals surface area contributed by atoms with Crippen molar-refractivity contribution in [1.82, 2.24) is 5.32 Å². The number of carbonyl (C=O) groups is 2. The largest absolute Gasteiger partial charge is 0.493 e. The average Bonchev–Trinajstić information content (AvgIpc) is 2.86. The summed E-state index contributed by atoms with van der Waals surface area (Å²) in [5.74, 6) is 0.0731. The molecule has 3 aromatic rings. The number of hydrogen-bond acceptors (Lipinski definition) is 3. The fraction of sp³-hybridized carbons (Fsp3) is 0.355. The maximum atomic E-state index is 12.1. The van der Waals surface area contributed by atoms with Gasteiger partial charge in [0.2, 0.25) is 0 Å². The van der Waals surface area contributed by atoms with Crippen LogP contribution in [0.4, 0.5) is 0 Å². The van der Waals surface area contributed by atoms with Gasteiger partial charge in [-0.3, -0.25) is 9.59 Å². The van der Waals surface area contributed by atoms with Crippen LogP contribution in [0, 0.1) is 5.92 Å². The standard InChI is InChI=1S/C31H37NO4/c1-22(5-6-23-7-9-26(10-8-23)30(35)32-20-19-29(33)34)21-36-28-17-13-25(14-18-28)24-11-15-27(16-12-24)31(2,3)4/h7-18,22H,5-6,19-21H2,1-4H3,(H,32,35)(H,33,34). The number of aliphatic carboxylic acids is 1. The zero-order chi connectivity index (χ0) is 26.1. The molecule has 2 N–H and O–H groups in total. The van der Waals surface area contributed by atoms with Crippen LogP contribution in [0.2, 0.25) is 0 Å². The highest BCUT2D eigenvalue weighted by molar-refractivity contribution is 5.94. The molecule has 0 heterocycles. The maximum absolute atomic E-state index is 12.1. The minimum absolute atomic E-state index is 0.0840. The van der Waals surface area contributed by atoms with Crippen LogP contribution in [0.15, 0.2) is 72.8 Å². The molecular weight excluding hydrogens is 450 g/mol. The first kappa shape index (κ1) is 27.0. The van der Waals surface area contributed by atoms with E-state index in [2.05, 4.69) is 69.4 Å². The zero-order valence-corrected chi connectivity index (χ0v) is 21.7. The summed E-state index contributed by atoms with van der Waals surface area (Å²) in [6, 6.07) is 24.5. The third-order valence-electron chi connectivity index (χ3n) is 6.24. The number of ether oxygens (including phenoxy) is 1. The van der Waals surface area contributed by atoms with Gasteiger partial charge in [0.1, 0.15) is 5.75 Å². The topological polar surface area (TPSA) is 75.6 Å². The quantitative estimate of drug-likeness (QED) is 0.324. The van der Waals surface area contributed by atoms with Crippen molar-refractivity contribution in [3.05, 3.63) is 89.5 Å². The van der Waals surface area contributed by atoms with Gasteiger partial charge in [0.25, 0.3) is 5.91 Å². The van der Waals surface area contributed by atoms with Crippen LogP contribution in [-0.4, -0.2) is 30.1 Å². The molecule has 0 aromatic heterocycles. The third-order valence-corrected chi connectivity index (χ3v) is 6.24. The Balaban J connectivity index is 1.43. The van der Waals surface area contributed by atoms with E-state index in [0.717, 1.165) is 24.2 Å². The number of carbonyl (C=O) groups excluding carboxylic acids is 1. The summed E-state index contributed by atoms with van der Waals surface area (Å²) in [6.45, 7) is 9.61. The van der Waals surface area contributed by atoms with E-state index in [-0.39, 0.29) is 24.3 Å². The average molecular weight is 488 g/mol. The zero-order valence-electron chi connectivity index (χ0n) is 21.7. The number of benzene rings is 3. The molecule has 190 valence electrons. The first-order valence-electron chi connectivity index (χ1n) is 12.5. The van der Waals surface area contributed by atoms with E-state index in [1.807, 2.05) is 24.3 Å². The van der Waals surface area contributed by atoms with Gasteiger partial charge in [0, 0.05) is 12.1 Å². The van der Waals surface area contributed by atoms with Crippen LogP contribution in [0.25, 0.3) is 11.1 Å². The van der Waals surface area contributed by atoms with E-state index < -0.39 is 5.97 Å². The van der Waals surface area contributed by atoms with Crippen molar-refractivity contribution in [3.8, 4) is 16.9 Å². The lowest BCUT2D eigenvalue weighted by molar-refractivity contribution is -0.136. The van der Waals surface area contributed by atoms with E-state index >= 15 is 0 Å². The second-order valence-electron chi connectivity index (χ2n) is 10.4. The van der Waals surface area contributed by atoms with Gasteiger partial charge in [-0.15, -0.1) is 0 Å². The molecule has 0 radical (unpaired) electrons. The molecular formula is C31H37NO4. The molecule has 1 amide bonds. The van der Waals surface area contributed by atoms with Crippen molar-refractivity contribution in [2.24, 2.45) is 5.92 Å². The normalized spacial score (nSPS) is 12.1. The molecule has 0 aliphatic carbocycles. The second-order valence-corrected chi connectivity index (χ2v) is 10.4. The van der Waals surface area contributed by atoms with E-state index in [1.54, 1.807) is 12.1 Å². The van der Waals surface area contributed by atoms with Gasteiger partial charge in [-0.2, -0.15) is 0 Å². The molecule has 0 aliphatic rings. The van der Waals surface area contributed by atoms with E-state index in [1.165, 1.54) is 16.7 Å². The minimum atomic E-state index is -0.928. The third kappa shape index (κ3) is 8.26. The number of amides is 1. The summed E-state index contributed by atoms with van der Waals surface area (Å²) >= 11 is 0. The van der Waals surface area contributed by atoms with Gasteiger partial charge in [-0.1, -0.05) is 76.2 Å². The maximum Gasteiger partial charge on any atom is 0.305 e. The summed E-state index contributed by atoms with van der Waals surface area (Å²) in [6.07, 6.45) is 1.79. The van der Waals surface area contributed by atoms with Crippen LogP contribution < -0.4 is 10.1 Å². The summed E-state index contributed by atoms with van der Waals surface area (Å²) in [4.78, 5) is 22.6. The Labute approximate surface area is 214 Å². The lowest BCUT2D eigenvalue weighted by Gasteiger charge is -2.19. The highest BCUT2D eigenvalue weighted by Gasteiger charge is 2.13. The number of carboxylic acids is 1. The van der Waals surface area contributed by atoms with Gasteiger partial charge in [0.05, 0.1) is 13.0 Å². The minimum Gasteiger partial charge on any atom is -0.493 e. The molecule has 0 bridgehead atoms. The Morgan fingerprint density at radius 2 is 1.47 bits per heavy atom. The number of rotatable bonds is 11. The summed E-state index contributed by atoms with van der Waals surface area (Å²) in [5, 5.41) is 11.3. The summed E-state index contributed by atoms with van der Waals surface area (Å²) < 4.78 is 6.02. The van der Waals surface area contributed by atoms with Crippen molar-refractivity contribution >= 4 is 11.9 Å². The first-order valence-corrected chi connectivity index (χ1v) is 12.5. The molecule has 0 fully saturated rings. The summed E-state index contributed by atoms with van der Waals surface area (Å²) in [5.41, 5.74) is 5.55. The highest BCUT2D eigenvalue weighted by atomic mass is 16.5. The monoisotopic (exact) mass is 487 g/mol. The molecule has 5 nitrogen and oxygen atoms in total. The Kier molecular flexibility index (Phi) is 9.29. The lowest BCUT2D eigenvalue weighted by Crippen LogP contribution is -2.25. The Morgan fingerprint density at radius 1 is 0.889 bits per heavy atom. The number of nitrogens with one attached hydrogen (secondary N) is 1. The molecule has 1 atom stereocenters. The summed E-state index contributed by atoms with van der Waals surface area (Å²) in [7, 11) is 0. The number of hydrogen-bond donors (Lipinski definition) is 2. The van der Waals surface area contributed by atoms with Crippen molar-refractivity contribution < 1.29 is 19.4 Å². The molecule has 36 heavy (non-hydrogen) atoms. The molecule has 0 saturated heterocycles. The van der Waals surface area contributed by atoms with Crippen LogP contribution in [0.1, 0.15) is 62.0 Å². The van der Waals surface area contributed by atoms with E-state index in [4.69, 9.17) is 9.84 Å². The molecule has 5 heteroatoms. The number of aryl methyl sites for hydroxylation is 1. The Morgan fingerprint density at radius 3 is 2.03 bits per heavy atom. The molecule has 0 saturated carbocycles. The second kappa shape index (κ2) is 12.4. The van der Waals surface area contributed by atoms with Crippen molar-refractivity contribution in [1.29, 1.82) is 0 Å². The Hall–Kier alpha value is -3.60. The first-order chi connectivity index (χ1) is 17.1. The SMILES string of the molecule is CC(CCc1ccc(C(=O)NCCC(=O)O)cc1)COc1ccc(-c2ccc(C(C)(C)C)cc2)cc1. The fourth-order valence-corrected chi connectivity index (χ4v) is 3.85. The van der Waals surface area contributed by atoms with E-state index in [9.17, 15) is 9.59 Å². The van der Waals surface area contributed by atoms with E-state index in [0.29, 0.717) is 18.1 Å². The molecule has 0 aliphatic heterocycles. The molecule has 3 aromatic carbocycles. The molecule has 0 spiro atoms. The van der Waals surface area contributed by atoms with Crippen LogP contribution in [0.5, 0.6) is 5.75 Å². The van der Waals surface area contributed by atoms with Crippen LogP contribution in [-0.2, 0) is 16.6 Å². The van der Waals surface area contributed by atoms with Gasteiger partial charge in [-0.25, -0.2) is 0 Å². The van der Waals surface area contributed by atoms with Crippen LogP contribution in [0.3, 0.4) is 0 Å². The lowest BCUT2D eigenvalue weighted by atomic mass is 9.86. The van der Waals surface area contributed by atoms with Crippen molar-refractivity contribution in [3.63, 3.8) is 0 Å². The van der Waals surface area contributed by atoms with Crippen molar-refractivity contribution in [2.45, 2.75) is 52.4 Å². The Bertz CT molecular complexity index is 1130. The van der Waals surface area contributed by atoms with Crippen molar-refractivity contribution in [2.75, 3.05) is 13.2 Å². The predicted octanol–water partition coefficient (Wildman–Crippen LogP) is 6.50.